The van der Waals surface area contributed by atoms with Gasteiger partial charge in [-0.1, -0.05) is 11.8 Å². The number of alkyl halides is 2. The van der Waals surface area contributed by atoms with E-state index in [0.717, 1.165) is 6.20 Å². The molecule has 0 aliphatic heterocycles. The van der Waals surface area contributed by atoms with Crippen molar-refractivity contribution < 1.29 is 23.5 Å². The van der Waals surface area contributed by atoms with E-state index in [1.807, 2.05) is 0 Å². The van der Waals surface area contributed by atoms with Crippen molar-refractivity contribution in [1.29, 1.82) is 0 Å². The first-order valence-electron chi connectivity index (χ1n) is 4.88. The van der Waals surface area contributed by atoms with Crippen LogP contribution in [0, 0.1) is 0 Å². The Morgan fingerprint density at radius 3 is 2.67 bits per heavy atom. The molecular weight excluding hydrogens is 266 g/mol. The average molecular weight is 276 g/mol. The summed E-state index contributed by atoms with van der Waals surface area (Å²) in [6.07, 6.45) is 1.06. The quantitative estimate of drug-likeness (QED) is 0.769. The van der Waals surface area contributed by atoms with Crippen molar-refractivity contribution in [3.63, 3.8) is 0 Å². The molecule has 0 unspecified atom stereocenters. The molecule has 0 bridgehead atoms. The molecule has 1 heterocycles. The number of rotatable bonds is 6. The van der Waals surface area contributed by atoms with Gasteiger partial charge in [0.1, 0.15) is 5.69 Å². The number of carboxylic acid groups (broad SMARTS) is 1. The number of hydrogen-bond donors (Lipinski definition) is 2. The summed E-state index contributed by atoms with van der Waals surface area (Å²) in [5.41, 5.74) is 0.0156. The Bertz CT molecular complexity index is 426. The fraction of sp³-hybridized carbons (Fsp3) is 0.300. The highest BCUT2D eigenvalue weighted by Crippen LogP contribution is 2.11. The highest BCUT2D eigenvalue weighted by atomic mass is 32.2. The lowest BCUT2D eigenvalue weighted by Gasteiger charge is -2.04. The molecule has 0 fully saturated rings. The van der Waals surface area contributed by atoms with Crippen LogP contribution >= 0.6 is 11.8 Å². The highest BCUT2D eigenvalue weighted by molar-refractivity contribution is 7.99. The fourth-order valence-electron chi connectivity index (χ4n) is 1.06. The van der Waals surface area contributed by atoms with Crippen LogP contribution in [0.15, 0.2) is 18.3 Å². The van der Waals surface area contributed by atoms with E-state index in [9.17, 15) is 18.4 Å². The zero-order valence-corrected chi connectivity index (χ0v) is 9.92. The second-order valence-corrected chi connectivity index (χ2v) is 4.22. The van der Waals surface area contributed by atoms with E-state index in [1.165, 1.54) is 12.1 Å². The van der Waals surface area contributed by atoms with Crippen molar-refractivity contribution in [2.75, 3.05) is 12.3 Å². The maximum Gasteiger partial charge on any atom is 0.337 e. The fourth-order valence-corrected chi connectivity index (χ4v) is 1.46. The van der Waals surface area contributed by atoms with Crippen LogP contribution in [-0.2, 0) is 0 Å². The Morgan fingerprint density at radius 1 is 1.44 bits per heavy atom. The predicted octanol–water partition coefficient (Wildman–Crippen LogP) is 1.47. The SMILES string of the molecule is O=C(O)c1ccc(C(=O)NCCSC(F)F)nc1. The Hall–Kier alpha value is -1.70. The van der Waals surface area contributed by atoms with Crippen molar-refractivity contribution in [3.8, 4) is 0 Å². The number of halogens is 2. The van der Waals surface area contributed by atoms with Gasteiger partial charge in [-0.25, -0.2) is 4.79 Å². The van der Waals surface area contributed by atoms with Gasteiger partial charge in [0, 0.05) is 18.5 Å². The predicted molar refractivity (Wildman–Crippen MR) is 62.0 cm³/mol. The molecule has 8 heteroatoms. The van der Waals surface area contributed by atoms with Crippen LogP contribution in [0.2, 0.25) is 0 Å². The lowest BCUT2D eigenvalue weighted by Crippen LogP contribution is -2.26. The summed E-state index contributed by atoms with van der Waals surface area (Å²) >= 11 is 0.429. The molecule has 0 atom stereocenters. The number of carbonyl (C=O) groups is 2. The number of carboxylic acids is 1. The first kappa shape index (κ1) is 14.4. The summed E-state index contributed by atoms with van der Waals surface area (Å²) in [6.45, 7) is 0.0935. The molecule has 0 saturated carbocycles. The number of pyridine rings is 1. The molecule has 18 heavy (non-hydrogen) atoms. The van der Waals surface area contributed by atoms with Gasteiger partial charge in [0.05, 0.1) is 5.56 Å². The molecule has 1 amide bonds. The number of aromatic nitrogens is 1. The van der Waals surface area contributed by atoms with Gasteiger partial charge in [0.2, 0.25) is 0 Å². The van der Waals surface area contributed by atoms with Crippen molar-refractivity contribution in [2.24, 2.45) is 0 Å². The number of thioether (sulfide) groups is 1. The van der Waals surface area contributed by atoms with E-state index in [4.69, 9.17) is 5.11 Å². The molecule has 0 radical (unpaired) electrons. The Balaban J connectivity index is 2.44. The summed E-state index contributed by atoms with van der Waals surface area (Å²) < 4.78 is 23.6. The monoisotopic (exact) mass is 276 g/mol. The van der Waals surface area contributed by atoms with Gasteiger partial charge in [0.15, 0.2) is 0 Å². The van der Waals surface area contributed by atoms with Gasteiger partial charge in [-0.3, -0.25) is 9.78 Å². The van der Waals surface area contributed by atoms with Crippen LogP contribution in [0.25, 0.3) is 0 Å². The van der Waals surface area contributed by atoms with Crippen LogP contribution in [-0.4, -0.2) is 40.0 Å². The largest absolute Gasteiger partial charge is 0.478 e. The van der Waals surface area contributed by atoms with Crippen molar-refractivity contribution >= 4 is 23.6 Å². The van der Waals surface area contributed by atoms with E-state index in [2.05, 4.69) is 10.3 Å². The second kappa shape index (κ2) is 6.90. The molecule has 0 saturated heterocycles. The van der Waals surface area contributed by atoms with Crippen molar-refractivity contribution in [2.45, 2.75) is 5.76 Å². The smallest absolute Gasteiger partial charge is 0.337 e. The molecule has 0 spiro atoms. The number of aromatic carboxylic acids is 1. The van der Waals surface area contributed by atoms with E-state index in [0.29, 0.717) is 11.8 Å². The summed E-state index contributed by atoms with van der Waals surface area (Å²) in [5, 5.41) is 11.0. The molecule has 98 valence electrons. The van der Waals surface area contributed by atoms with Crippen LogP contribution in [0.4, 0.5) is 8.78 Å². The van der Waals surface area contributed by atoms with Crippen LogP contribution < -0.4 is 5.32 Å². The first-order chi connectivity index (χ1) is 8.50. The van der Waals surface area contributed by atoms with E-state index >= 15 is 0 Å². The minimum Gasteiger partial charge on any atom is -0.478 e. The van der Waals surface area contributed by atoms with Gasteiger partial charge < -0.3 is 10.4 Å². The van der Waals surface area contributed by atoms with E-state index in [-0.39, 0.29) is 23.6 Å². The molecular formula is C10H10F2N2O3S. The zero-order chi connectivity index (χ0) is 13.5. The maximum atomic E-state index is 11.8. The number of carbonyl (C=O) groups excluding carboxylic acids is 1. The summed E-state index contributed by atoms with van der Waals surface area (Å²) in [6, 6.07) is 2.51. The summed E-state index contributed by atoms with van der Waals surface area (Å²) in [5.74, 6) is -4.03. The third-order valence-corrected chi connectivity index (χ3v) is 2.57. The Kier molecular flexibility index (Phi) is 5.50. The third kappa shape index (κ3) is 4.66. The number of amides is 1. The molecule has 0 aliphatic rings. The van der Waals surface area contributed by atoms with E-state index < -0.39 is 17.6 Å². The molecule has 1 aromatic rings. The molecule has 0 aliphatic carbocycles. The number of nitrogens with one attached hydrogen (secondary N) is 1. The molecule has 5 nitrogen and oxygen atoms in total. The Labute approximate surface area is 106 Å². The van der Waals surface area contributed by atoms with Gasteiger partial charge in [-0.05, 0) is 12.1 Å². The summed E-state index contributed by atoms with van der Waals surface area (Å²) in [4.78, 5) is 25.7. The normalized spacial score (nSPS) is 10.4. The minimum atomic E-state index is -2.46. The van der Waals surface area contributed by atoms with E-state index in [1.54, 1.807) is 0 Å². The van der Waals surface area contributed by atoms with Gasteiger partial charge in [0.25, 0.3) is 11.7 Å². The zero-order valence-electron chi connectivity index (χ0n) is 9.10. The lowest BCUT2D eigenvalue weighted by atomic mass is 10.2. The van der Waals surface area contributed by atoms with Crippen LogP contribution in [0.5, 0.6) is 0 Å². The molecule has 1 aromatic heterocycles. The average Bonchev–Trinajstić information content (AvgIpc) is 2.34. The topological polar surface area (TPSA) is 79.3 Å². The second-order valence-electron chi connectivity index (χ2n) is 3.12. The highest BCUT2D eigenvalue weighted by Gasteiger charge is 2.09. The van der Waals surface area contributed by atoms with Gasteiger partial charge in [-0.15, -0.1) is 0 Å². The maximum absolute atomic E-state index is 11.8. The standard InChI is InChI=1S/C10H10F2N2O3S/c11-10(12)18-4-3-13-8(15)7-2-1-6(5-14-7)9(16)17/h1-2,5,10H,3-4H2,(H,13,15)(H,16,17). The lowest BCUT2D eigenvalue weighted by molar-refractivity contribution is 0.0695. The van der Waals surface area contributed by atoms with Crippen molar-refractivity contribution in [3.05, 3.63) is 29.6 Å². The Morgan fingerprint density at radius 2 is 2.17 bits per heavy atom. The van der Waals surface area contributed by atoms with Gasteiger partial charge >= 0.3 is 5.97 Å². The van der Waals surface area contributed by atoms with Crippen molar-refractivity contribution in [1.82, 2.24) is 10.3 Å². The number of hydrogen-bond acceptors (Lipinski definition) is 4. The van der Waals surface area contributed by atoms with Crippen LogP contribution in [0.3, 0.4) is 0 Å². The minimum absolute atomic E-state index is 0.0280. The van der Waals surface area contributed by atoms with Gasteiger partial charge in [-0.2, -0.15) is 8.78 Å². The first-order valence-corrected chi connectivity index (χ1v) is 5.93. The molecule has 0 aromatic carbocycles. The summed E-state index contributed by atoms with van der Waals surface area (Å²) in [7, 11) is 0. The molecule has 2 N–H and O–H groups in total. The van der Waals surface area contributed by atoms with Crippen LogP contribution in [0.1, 0.15) is 20.8 Å². The third-order valence-electron chi connectivity index (χ3n) is 1.87. The molecule has 1 rings (SSSR count). The number of nitrogens with zero attached hydrogens (tertiary/aromatic N) is 1.